The Morgan fingerprint density at radius 3 is 2.48 bits per heavy atom. The van der Waals surface area contributed by atoms with Crippen LogP contribution in [-0.4, -0.2) is 29.0 Å². The van der Waals surface area contributed by atoms with Crippen LogP contribution in [0.4, 0.5) is 0 Å². The second-order valence-electron chi connectivity index (χ2n) is 5.64. The average Bonchev–Trinajstić information content (AvgIpc) is 3.01. The lowest BCUT2D eigenvalue weighted by Gasteiger charge is -2.26. The van der Waals surface area contributed by atoms with Gasteiger partial charge in [-0.25, -0.2) is 0 Å². The summed E-state index contributed by atoms with van der Waals surface area (Å²) in [4.78, 5) is 0. The molecule has 0 aliphatic carbocycles. The molecule has 3 aromatic rings. The maximum Gasteiger partial charge on any atom is 0.0633 e. The van der Waals surface area contributed by atoms with Crippen molar-refractivity contribution < 1.29 is 10.2 Å². The minimum Gasteiger partial charge on any atom is -0.394 e. The van der Waals surface area contributed by atoms with Gasteiger partial charge in [0.05, 0.1) is 18.8 Å². The van der Waals surface area contributed by atoms with Gasteiger partial charge in [-0.15, -0.1) is 11.3 Å². The molecule has 0 aliphatic rings. The Bertz CT molecular complexity index is 762. The summed E-state index contributed by atoms with van der Waals surface area (Å²) in [6.07, 6.45) is 0. The number of hydrogen-bond donors (Lipinski definition) is 3. The molecule has 110 valence electrons. The van der Waals surface area contributed by atoms with E-state index in [0.717, 1.165) is 0 Å². The van der Waals surface area contributed by atoms with Gasteiger partial charge < -0.3 is 15.5 Å². The number of benzene rings is 2. The Hall–Kier alpha value is -1.46. The van der Waals surface area contributed by atoms with Gasteiger partial charge in [-0.1, -0.05) is 24.3 Å². The van der Waals surface area contributed by atoms with Gasteiger partial charge in [0, 0.05) is 16.6 Å². The fourth-order valence-corrected chi connectivity index (χ4v) is 3.37. The Morgan fingerprint density at radius 1 is 1.05 bits per heavy atom. The van der Waals surface area contributed by atoms with E-state index in [1.54, 1.807) is 11.3 Å². The lowest BCUT2D eigenvalue weighted by molar-refractivity contribution is 0.103. The standard InChI is InChI=1S/C17H19NO2S/c1-17(10-19,11-20)18-9-12-8-16-15(6-7-21-16)14-5-3-2-4-13(12)14/h2-8,18-20H,9-11H2,1H3. The van der Waals surface area contributed by atoms with Crippen LogP contribution in [0.3, 0.4) is 0 Å². The second kappa shape index (κ2) is 5.73. The monoisotopic (exact) mass is 301 g/mol. The van der Waals surface area contributed by atoms with Gasteiger partial charge in [0.15, 0.2) is 0 Å². The Balaban J connectivity index is 2.04. The highest BCUT2D eigenvalue weighted by molar-refractivity contribution is 7.17. The van der Waals surface area contributed by atoms with Gasteiger partial charge in [0.25, 0.3) is 0 Å². The SMILES string of the molecule is CC(CO)(CO)NCc1cc2sccc2c2ccccc12. The minimum absolute atomic E-state index is 0.0946. The number of nitrogens with one attached hydrogen (secondary N) is 1. The first-order chi connectivity index (χ1) is 10.2. The third-order valence-corrected chi connectivity index (χ3v) is 4.83. The number of rotatable bonds is 5. The number of aliphatic hydroxyl groups is 2. The molecule has 4 heteroatoms. The number of fused-ring (bicyclic) bond motifs is 3. The van der Waals surface area contributed by atoms with E-state index in [-0.39, 0.29) is 13.2 Å². The number of thiophene rings is 1. The predicted molar refractivity (Wildman–Crippen MR) is 88.7 cm³/mol. The molecule has 0 radical (unpaired) electrons. The Labute approximate surface area is 127 Å². The van der Waals surface area contributed by atoms with Gasteiger partial charge in [0.2, 0.25) is 0 Å². The zero-order valence-corrected chi connectivity index (χ0v) is 12.8. The second-order valence-corrected chi connectivity index (χ2v) is 6.59. The Morgan fingerprint density at radius 2 is 1.76 bits per heavy atom. The van der Waals surface area contributed by atoms with Gasteiger partial charge in [-0.2, -0.15) is 0 Å². The van der Waals surface area contributed by atoms with Crippen LogP contribution in [-0.2, 0) is 6.54 Å². The predicted octanol–water partition coefficient (Wildman–Crippen LogP) is 2.89. The van der Waals surface area contributed by atoms with Crippen molar-refractivity contribution in [2.45, 2.75) is 19.0 Å². The molecular formula is C17H19NO2S. The van der Waals surface area contributed by atoms with E-state index in [1.807, 2.05) is 13.0 Å². The molecule has 0 amide bonds. The minimum atomic E-state index is -0.661. The first-order valence-corrected chi connectivity index (χ1v) is 7.89. The highest BCUT2D eigenvalue weighted by Gasteiger charge is 2.21. The topological polar surface area (TPSA) is 52.5 Å². The van der Waals surface area contributed by atoms with Crippen molar-refractivity contribution in [1.82, 2.24) is 5.32 Å². The molecule has 0 atom stereocenters. The zero-order valence-electron chi connectivity index (χ0n) is 12.0. The first kappa shape index (κ1) is 14.5. The maximum absolute atomic E-state index is 9.39. The molecule has 0 fully saturated rings. The lowest BCUT2D eigenvalue weighted by Crippen LogP contribution is -2.48. The average molecular weight is 301 g/mol. The Kier molecular flexibility index (Phi) is 3.95. The van der Waals surface area contributed by atoms with E-state index in [1.165, 1.54) is 26.4 Å². The maximum atomic E-state index is 9.39. The summed E-state index contributed by atoms with van der Waals surface area (Å²) in [5, 5.41) is 27.9. The fraction of sp³-hybridized carbons (Fsp3) is 0.294. The lowest BCUT2D eigenvalue weighted by atomic mass is 9.99. The van der Waals surface area contributed by atoms with E-state index >= 15 is 0 Å². The van der Waals surface area contributed by atoms with Crippen LogP contribution in [0, 0.1) is 0 Å². The molecule has 0 spiro atoms. The van der Waals surface area contributed by atoms with Crippen LogP contribution < -0.4 is 5.32 Å². The summed E-state index contributed by atoms with van der Waals surface area (Å²) in [5.41, 5.74) is 0.527. The van der Waals surface area contributed by atoms with Crippen LogP contribution in [0.25, 0.3) is 20.9 Å². The molecule has 0 bridgehead atoms. The molecule has 0 unspecified atom stereocenters. The van der Waals surface area contributed by atoms with Crippen LogP contribution >= 0.6 is 11.3 Å². The third kappa shape index (κ3) is 2.68. The summed E-state index contributed by atoms with van der Waals surface area (Å²) in [6, 6.07) is 12.7. The number of aliphatic hydroxyl groups excluding tert-OH is 2. The summed E-state index contributed by atoms with van der Waals surface area (Å²) in [7, 11) is 0. The van der Waals surface area contributed by atoms with Crippen molar-refractivity contribution in [3.8, 4) is 0 Å². The summed E-state index contributed by atoms with van der Waals surface area (Å²) >= 11 is 1.73. The summed E-state index contributed by atoms with van der Waals surface area (Å²) in [5.74, 6) is 0. The molecule has 2 aromatic carbocycles. The van der Waals surface area contributed by atoms with E-state index < -0.39 is 5.54 Å². The van der Waals surface area contributed by atoms with Crippen molar-refractivity contribution in [3.05, 3.63) is 47.3 Å². The summed E-state index contributed by atoms with van der Waals surface area (Å²) in [6.45, 7) is 2.25. The highest BCUT2D eigenvalue weighted by Crippen LogP contribution is 2.32. The smallest absolute Gasteiger partial charge is 0.0633 e. The molecule has 1 aromatic heterocycles. The van der Waals surface area contributed by atoms with E-state index in [2.05, 4.69) is 41.0 Å². The number of hydrogen-bond acceptors (Lipinski definition) is 4. The molecule has 3 nitrogen and oxygen atoms in total. The van der Waals surface area contributed by atoms with E-state index in [0.29, 0.717) is 6.54 Å². The first-order valence-electron chi connectivity index (χ1n) is 7.01. The fourth-order valence-electron chi connectivity index (χ4n) is 2.51. The van der Waals surface area contributed by atoms with Gasteiger partial charge >= 0.3 is 0 Å². The normalized spacial score (nSPS) is 12.3. The van der Waals surface area contributed by atoms with Crippen LogP contribution in [0.15, 0.2) is 41.8 Å². The molecule has 0 saturated heterocycles. The third-order valence-electron chi connectivity index (χ3n) is 3.97. The van der Waals surface area contributed by atoms with Crippen molar-refractivity contribution in [1.29, 1.82) is 0 Å². The summed E-state index contributed by atoms with van der Waals surface area (Å²) < 4.78 is 1.26. The van der Waals surface area contributed by atoms with Crippen LogP contribution in [0.1, 0.15) is 12.5 Å². The van der Waals surface area contributed by atoms with Crippen molar-refractivity contribution in [3.63, 3.8) is 0 Å². The van der Waals surface area contributed by atoms with Gasteiger partial charge in [-0.3, -0.25) is 0 Å². The molecule has 0 saturated carbocycles. The molecule has 1 heterocycles. The van der Waals surface area contributed by atoms with E-state index in [4.69, 9.17) is 0 Å². The molecule has 3 N–H and O–H groups in total. The van der Waals surface area contributed by atoms with Gasteiger partial charge in [0.1, 0.15) is 0 Å². The highest BCUT2D eigenvalue weighted by atomic mass is 32.1. The van der Waals surface area contributed by atoms with Crippen LogP contribution in [0.5, 0.6) is 0 Å². The van der Waals surface area contributed by atoms with Crippen molar-refractivity contribution in [2.75, 3.05) is 13.2 Å². The molecule has 3 rings (SSSR count). The van der Waals surface area contributed by atoms with Crippen molar-refractivity contribution in [2.24, 2.45) is 0 Å². The van der Waals surface area contributed by atoms with Crippen LogP contribution in [0.2, 0.25) is 0 Å². The molecule has 21 heavy (non-hydrogen) atoms. The largest absolute Gasteiger partial charge is 0.394 e. The molecular weight excluding hydrogens is 282 g/mol. The van der Waals surface area contributed by atoms with Gasteiger partial charge in [-0.05, 0) is 40.8 Å². The van der Waals surface area contributed by atoms with Crippen molar-refractivity contribution >= 4 is 32.2 Å². The molecule has 0 aliphatic heterocycles. The quantitative estimate of drug-likeness (QED) is 0.679. The zero-order chi connectivity index (χ0) is 14.9. The van der Waals surface area contributed by atoms with E-state index in [9.17, 15) is 10.2 Å².